The van der Waals surface area contributed by atoms with Gasteiger partial charge in [0.25, 0.3) is 0 Å². The summed E-state index contributed by atoms with van der Waals surface area (Å²) in [6.07, 6.45) is 1.30. The van der Waals surface area contributed by atoms with Crippen molar-refractivity contribution in [3.63, 3.8) is 0 Å². The van der Waals surface area contributed by atoms with Crippen LogP contribution in [0.2, 0.25) is 0 Å². The Hall–Kier alpha value is -0.860. The second kappa shape index (κ2) is 3.03. The fourth-order valence-electron chi connectivity index (χ4n) is 0.748. The summed E-state index contributed by atoms with van der Waals surface area (Å²) in [7, 11) is 0. The lowest BCUT2D eigenvalue weighted by Gasteiger charge is -2.17. The highest BCUT2D eigenvalue weighted by Crippen LogP contribution is 2.10. The molecule has 1 aliphatic rings. The molecule has 2 N–H and O–H groups in total. The Balaban J connectivity index is 2.88. The van der Waals surface area contributed by atoms with Gasteiger partial charge in [0.05, 0.1) is 11.0 Å². The Morgan fingerprint density at radius 2 is 2.45 bits per heavy atom. The number of carbonyl (C=O) groups excluding carboxylic acids is 1. The van der Waals surface area contributed by atoms with Crippen LogP contribution in [0.25, 0.3) is 0 Å². The molecule has 0 spiro atoms. The minimum Gasteiger partial charge on any atom is -0.504 e. The van der Waals surface area contributed by atoms with Gasteiger partial charge in [-0.05, 0) is 6.08 Å². The van der Waals surface area contributed by atoms with Crippen molar-refractivity contribution in [3.05, 3.63) is 11.8 Å². The number of nitriles is 1. The van der Waals surface area contributed by atoms with Crippen LogP contribution >= 0.6 is 15.9 Å². The topological polar surface area (TPSA) is 73.1 Å². The van der Waals surface area contributed by atoms with Crippen LogP contribution < -0.4 is 5.32 Å². The van der Waals surface area contributed by atoms with E-state index in [9.17, 15) is 4.79 Å². The molecule has 0 aromatic carbocycles. The van der Waals surface area contributed by atoms with Gasteiger partial charge in [-0.25, -0.2) is 0 Å². The highest BCUT2D eigenvalue weighted by Gasteiger charge is 2.27. The number of nitrogens with zero attached hydrogens (tertiary/aromatic N) is 1. The van der Waals surface area contributed by atoms with Gasteiger partial charge in [0, 0.05) is 0 Å². The molecular weight excluding hydrogens is 212 g/mol. The Morgan fingerprint density at radius 1 is 1.82 bits per heavy atom. The molecule has 1 aliphatic heterocycles. The minimum absolute atomic E-state index is 0.315. The van der Waals surface area contributed by atoms with Crippen molar-refractivity contribution in [2.45, 2.75) is 11.0 Å². The van der Waals surface area contributed by atoms with Gasteiger partial charge < -0.3 is 5.11 Å². The molecule has 0 aliphatic carbocycles. The van der Waals surface area contributed by atoms with E-state index in [1.807, 2.05) is 0 Å². The van der Waals surface area contributed by atoms with E-state index < -0.39 is 11.8 Å². The maximum atomic E-state index is 10.9. The lowest BCUT2D eigenvalue weighted by atomic mass is 10.1. The van der Waals surface area contributed by atoms with Gasteiger partial charge in [-0.2, -0.15) is 5.26 Å². The Morgan fingerprint density at radius 3 is 3.00 bits per heavy atom. The monoisotopic (exact) mass is 216 g/mol. The van der Waals surface area contributed by atoms with Crippen LogP contribution in [0.1, 0.15) is 0 Å². The van der Waals surface area contributed by atoms with Gasteiger partial charge in [0.15, 0.2) is 11.8 Å². The quantitative estimate of drug-likeness (QED) is 0.449. The first-order valence-corrected chi connectivity index (χ1v) is 3.81. The molecule has 0 amide bonds. The van der Waals surface area contributed by atoms with Gasteiger partial charge in [-0.3, -0.25) is 10.1 Å². The maximum absolute atomic E-state index is 10.9. The zero-order valence-corrected chi connectivity index (χ0v) is 7.00. The molecule has 0 aromatic heterocycles. The van der Waals surface area contributed by atoms with Crippen molar-refractivity contribution < 1.29 is 9.90 Å². The number of alkyl halides is 1. The first-order valence-electron chi connectivity index (χ1n) is 2.90. The third-order valence-electron chi connectivity index (χ3n) is 1.27. The molecule has 4 nitrogen and oxygen atoms in total. The first kappa shape index (κ1) is 8.24. The van der Waals surface area contributed by atoms with E-state index in [2.05, 4.69) is 21.2 Å². The van der Waals surface area contributed by atoms with E-state index in [4.69, 9.17) is 10.4 Å². The van der Waals surface area contributed by atoms with Crippen molar-refractivity contribution in [2.24, 2.45) is 0 Å². The normalized spacial score (nSPS) is 30.9. The van der Waals surface area contributed by atoms with Crippen LogP contribution in [-0.2, 0) is 4.79 Å². The number of ketones is 1. The molecule has 0 saturated heterocycles. The van der Waals surface area contributed by atoms with Crippen molar-refractivity contribution in [1.82, 2.24) is 5.32 Å². The van der Waals surface area contributed by atoms with Crippen molar-refractivity contribution >= 4 is 21.7 Å². The summed E-state index contributed by atoms with van der Waals surface area (Å²) < 4.78 is 0. The van der Waals surface area contributed by atoms with E-state index in [0.29, 0.717) is 0 Å². The zero-order chi connectivity index (χ0) is 8.43. The predicted octanol–water partition coefficient (Wildman–Crippen LogP) is 0.214. The molecule has 1 rings (SSSR count). The number of aliphatic hydroxyl groups is 1. The van der Waals surface area contributed by atoms with Crippen LogP contribution in [0.3, 0.4) is 0 Å². The Kier molecular flexibility index (Phi) is 2.27. The molecular formula is C6H5BrN2O2. The number of hydrogen-bond acceptors (Lipinski definition) is 4. The van der Waals surface area contributed by atoms with Crippen LogP contribution in [0.15, 0.2) is 11.8 Å². The number of aliphatic hydroxyl groups excluding tert-OH is 1. The van der Waals surface area contributed by atoms with Gasteiger partial charge >= 0.3 is 0 Å². The lowest BCUT2D eigenvalue weighted by molar-refractivity contribution is -0.119. The lowest BCUT2D eigenvalue weighted by Crippen LogP contribution is -2.43. The SMILES string of the molecule is N#CC1NC(Br)C=C(O)C1=O. The van der Waals surface area contributed by atoms with Gasteiger partial charge in [0.1, 0.15) is 0 Å². The predicted molar refractivity (Wildman–Crippen MR) is 41.0 cm³/mol. The number of rotatable bonds is 0. The number of halogens is 1. The molecule has 5 heteroatoms. The summed E-state index contributed by atoms with van der Waals surface area (Å²) in [4.78, 5) is 10.6. The molecule has 2 atom stereocenters. The molecule has 0 saturated carbocycles. The average molecular weight is 217 g/mol. The number of Topliss-reactive ketones (excluding diaryl/α,β-unsaturated/α-hetero) is 1. The fraction of sp³-hybridized carbons (Fsp3) is 0.333. The maximum Gasteiger partial charge on any atom is 0.228 e. The number of carbonyl (C=O) groups is 1. The molecule has 0 bridgehead atoms. The van der Waals surface area contributed by atoms with E-state index in [1.54, 1.807) is 6.07 Å². The zero-order valence-electron chi connectivity index (χ0n) is 5.41. The highest BCUT2D eigenvalue weighted by molar-refractivity contribution is 9.09. The van der Waals surface area contributed by atoms with Gasteiger partial charge in [-0.15, -0.1) is 0 Å². The molecule has 11 heavy (non-hydrogen) atoms. The van der Waals surface area contributed by atoms with Crippen molar-refractivity contribution in [1.29, 1.82) is 5.26 Å². The first-order chi connectivity index (χ1) is 5.15. The molecule has 0 radical (unpaired) electrons. The van der Waals surface area contributed by atoms with Crippen LogP contribution in [0, 0.1) is 11.3 Å². The minimum atomic E-state index is -0.940. The number of nitrogens with one attached hydrogen (secondary N) is 1. The summed E-state index contributed by atoms with van der Waals surface area (Å²) in [5.74, 6) is -0.944. The highest BCUT2D eigenvalue weighted by atomic mass is 79.9. The molecule has 0 aromatic rings. The second-order valence-corrected chi connectivity index (χ2v) is 3.03. The summed E-state index contributed by atoms with van der Waals surface area (Å²) >= 11 is 3.09. The number of hydrogen-bond donors (Lipinski definition) is 2. The molecule has 2 unspecified atom stereocenters. The second-order valence-electron chi connectivity index (χ2n) is 2.05. The standard InChI is InChI=1S/C6H5BrN2O2/c7-5-1-4(10)6(11)3(2-8)9-5/h1,3,5,9-10H. The van der Waals surface area contributed by atoms with Gasteiger partial charge in [-0.1, -0.05) is 15.9 Å². The van der Waals surface area contributed by atoms with Gasteiger partial charge in [0.2, 0.25) is 5.78 Å². The fourth-order valence-corrected chi connectivity index (χ4v) is 1.26. The summed E-state index contributed by atoms with van der Waals surface area (Å²) in [5.41, 5.74) is 0. The van der Waals surface area contributed by atoms with E-state index >= 15 is 0 Å². The summed E-state index contributed by atoms with van der Waals surface area (Å²) in [6.45, 7) is 0. The third kappa shape index (κ3) is 1.59. The summed E-state index contributed by atoms with van der Waals surface area (Å²) in [6, 6.07) is 0.783. The summed E-state index contributed by atoms with van der Waals surface area (Å²) in [5, 5.41) is 20.0. The van der Waals surface area contributed by atoms with E-state index in [1.165, 1.54) is 6.08 Å². The Labute approximate surface area is 71.6 Å². The van der Waals surface area contributed by atoms with Crippen LogP contribution in [-0.4, -0.2) is 21.9 Å². The average Bonchev–Trinajstić information content (AvgIpc) is 1.96. The van der Waals surface area contributed by atoms with E-state index in [0.717, 1.165) is 0 Å². The smallest absolute Gasteiger partial charge is 0.228 e. The van der Waals surface area contributed by atoms with Crippen molar-refractivity contribution in [2.75, 3.05) is 0 Å². The largest absolute Gasteiger partial charge is 0.504 e. The third-order valence-corrected chi connectivity index (χ3v) is 1.80. The Bertz CT molecular complexity index is 256. The molecule has 1 heterocycles. The van der Waals surface area contributed by atoms with Crippen molar-refractivity contribution in [3.8, 4) is 6.07 Å². The molecule has 0 fully saturated rings. The molecule has 58 valence electrons. The van der Waals surface area contributed by atoms with Crippen LogP contribution in [0.5, 0.6) is 0 Å². The van der Waals surface area contributed by atoms with E-state index in [-0.39, 0.29) is 10.7 Å². The van der Waals surface area contributed by atoms with Crippen LogP contribution in [0.4, 0.5) is 0 Å².